The molecule has 3 aromatic carbocycles. The average molecular weight is 524 g/mol. The van der Waals surface area contributed by atoms with Crippen molar-refractivity contribution in [3.8, 4) is 5.69 Å². The molecule has 1 aromatic heterocycles. The van der Waals surface area contributed by atoms with E-state index in [0.717, 1.165) is 23.2 Å². The molecule has 0 aliphatic heterocycles. The molecule has 0 radical (unpaired) electrons. The number of carbonyl (C=O) groups is 1. The highest BCUT2D eigenvalue weighted by atomic mass is 16.2. The number of hydrogen-bond donors (Lipinski definition) is 0. The molecule has 5 nitrogen and oxygen atoms in total. The summed E-state index contributed by atoms with van der Waals surface area (Å²) in [6.45, 7) is 13.3. The first-order valence-electron chi connectivity index (χ1n) is 14.0. The minimum absolute atomic E-state index is 0.0836. The summed E-state index contributed by atoms with van der Waals surface area (Å²) in [7, 11) is 0. The lowest BCUT2D eigenvalue weighted by molar-refractivity contribution is -0.136. The summed E-state index contributed by atoms with van der Waals surface area (Å²) in [5.74, 6) is 0.912. The van der Waals surface area contributed by atoms with E-state index in [1.807, 2.05) is 90.7 Å². The van der Waals surface area contributed by atoms with Gasteiger partial charge in [-0.2, -0.15) is 0 Å². The van der Waals surface area contributed by atoms with Gasteiger partial charge in [-0.25, -0.2) is 4.98 Å². The molecule has 1 heterocycles. The Balaban J connectivity index is 1.87. The first-order chi connectivity index (χ1) is 18.6. The van der Waals surface area contributed by atoms with E-state index in [0.29, 0.717) is 36.1 Å². The average Bonchev–Trinajstić information content (AvgIpc) is 2.89. The van der Waals surface area contributed by atoms with Gasteiger partial charge in [0.15, 0.2) is 0 Å². The number of para-hydroxylation sites is 1. The fourth-order valence-electron chi connectivity index (χ4n) is 5.54. The van der Waals surface area contributed by atoms with E-state index in [1.165, 1.54) is 0 Å². The van der Waals surface area contributed by atoms with E-state index in [2.05, 4.69) is 34.6 Å². The third-order valence-electron chi connectivity index (χ3n) is 7.15. The number of fused-ring (bicyclic) bond motifs is 1. The minimum Gasteiger partial charge on any atom is -0.328 e. The summed E-state index contributed by atoms with van der Waals surface area (Å²) in [6, 6.07) is 25.1. The van der Waals surface area contributed by atoms with Crippen LogP contribution in [0.4, 0.5) is 0 Å². The third kappa shape index (κ3) is 6.83. The molecular weight excluding hydrogens is 482 g/mol. The smallest absolute Gasteiger partial charge is 0.266 e. The summed E-state index contributed by atoms with van der Waals surface area (Å²) in [4.78, 5) is 35.0. The molecule has 4 rings (SSSR count). The van der Waals surface area contributed by atoms with Crippen LogP contribution < -0.4 is 5.56 Å². The SMILES string of the molecule is CCC(c1nc2ccccc2c(=O)n1-c1ccc(C)cc1)N(Cc1ccccc1)C(=O)CC(C)CC(C)(C)C. The molecule has 1 amide bonds. The second-order valence-corrected chi connectivity index (χ2v) is 12.0. The van der Waals surface area contributed by atoms with Crippen molar-refractivity contribution >= 4 is 16.8 Å². The monoisotopic (exact) mass is 523 g/mol. The van der Waals surface area contributed by atoms with Crippen LogP contribution in [0.1, 0.15) is 76.9 Å². The van der Waals surface area contributed by atoms with Gasteiger partial charge in [-0.05, 0) is 60.9 Å². The first kappa shape index (κ1) is 28.3. The zero-order valence-electron chi connectivity index (χ0n) is 24.1. The highest BCUT2D eigenvalue weighted by Gasteiger charge is 2.30. The molecule has 0 saturated carbocycles. The van der Waals surface area contributed by atoms with Crippen molar-refractivity contribution in [3.63, 3.8) is 0 Å². The van der Waals surface area contributed by atoms with E-state index >= 15 is 0 Å². The summed E-state index contributed by atoms with van der Waals surface area (Å²) in [5, 5.41) is 0.566. The van der Waals surface area contributed by atoms with Crippen LogP contribution >= 0.6 is 0 Å². The van der Waals surface area contributed by atoms with Crippen molar-refractivity contribution in [3.05, 3.63) is 106 Å². The van der Waals surface area contributed by atoms with Crippen LogP contribution in [0.5, 0.6) is 0 Å². The molecule has 0 aliphatic rings. The van der Waals surface area contributed by atoms with E-state index in [1.54, 1.807) is 4.57 Å². The van der Waals surface area contributed by atoms with Gasteiger partial charge in [-0.1, -0.05) is 94.8 Å². The van der Waals surface area contributed by atoms with Crippen LogP contribution in [-0.2, 0) is 11.3 Å². The van der Waals surface area contributed by atoms with Gasteiger partial charge in [0.2, 0.25) is 5.91 Å². The number of hydrogen-bond acceptors (Lipinski definition) is 3. The predicted octanol–water partition coefficient (Wildman–Crippen LogP) is 7.64. The van der Waals surface area contributed by atoms with E-state index in [-0.39, 0.29) is 28.8 Å². The molecule has 204 valence electrons. The van der Waals surface area contributed by atoms with Crippen molar-refractivity contribution in [2.45, 2.75) is 73.4 Å². The van der Waals surface area contributed by atoms with E-state index in [9.17, 15) is 9.59 Å². The Bertz CT molecular complexity index is 1470. The largest absolute Gasteiger partial charge is 0.328 e. The van der Waals surface area contributed by atoms with Gasteiger partial charge in [0.05, 0.1) is 22.6 Å². The number of aromatic nitrogens is 2. The van der Waals surface area contributed by atoms with E-state index < -0.39 is 0 Å². The van der Waals surface area contributed by atoms with Gasteiger partial charge < -0.3 is 4.90 Å². The number of rotatable bonds is 9. The lowest BCUT2D eigenvalue weighted by Gasteiger charge is -2.34. The second kappa shape index (κ2) is 12.0. The quantitative estimate of drug-likeness (QED) is 0.227. The minimum atomic E-state index is -0.377. The number of carbonyl (C=O) groups excluding carboxylic acids is 1. The van der Waals surface area contributed by atoms with Crippen LogP contribution in [0.3, 0.4) is 0 Å². The molecule has 39 heavy (non-hydrogen) atoms. The molecule has 0 fully saturated rings. The Morgan fingerprint density at radius 2 is 1.59 bits per heavy atom. The van der Waals surface area contributed by atoms with Gasteiger partial charge in [0.1, 0.15) is 5.82 Å². The molecule has 0 aliphatic carbocycles. The zero-order chi connectivity index (χ0) is 28.2. The number of nitrogens with zero attached hydrogens (tertiary/aromatic N) is 3. The Morgan fingerprint density at radius 3 is 2.23 bits per heavy atom. The van der Waals surface area contributed by atoms with Crippen LogP contribution in [-0.4, -0.2) is 20.4 Å². The van der Waals surface area contributed by atoms with E-state index in [4.69, 9.17) is 4.98 Å². The maximum Gasteiger partial charge on any atom is 0.266 e. The van der Waals surface area contributed by atoms with Crippen LogP contribution in [0.25, 0.3) is 16.6 Å². The van der Waals surface area contributed by atoms with Gasteiger partial charge in [0.25, 0.3) is 5.56 Å². The molecular formula is C34H41N3O2. The van der Waals surface area contributed by atoms with Crippen molar-refractivity contribution in [2.75, 3.05) is 0 Å². The summed E-state index contributed by atoms with van der Waals surface area (Å²) in [5.41, 5.74) is 3.59. The molecule has 0 bridgehead atoms. The Labute approximate surface area is 232 Å². The van der Waals surface area contributed by atoms with Gasteiger partial charge >= 0.3 is 0 Å². The maximum absolute atomic E-state index is 14.1. The third-order valence-corrected chi connectivity index (χ3v) is 7.15. The van der Waals surface area contributed by atoms with Crippen molar-refractivity contribution in [1.82, 2.24) is 14.5 Å². The number of amides is 1. The number of aryl methyl sites for hydroxylation is 1. The van der Waals surface area contributed by atoms with Gasteiger partial charge in [0, 0.05) is 13.0 Å². The van der Waals surface area contributed by atoms with Gasteiger partial charge in [-0.15, -0.1) is 0 Å². The molecule has 4 aromatic rings. The highest BCUT2D eigenvalue weighted by Crippen LogP contribution is 2.31. The molecule has 0 spiro atoms. The zero-order valence-corrected chi connectivity index (χ0v) is 24.1. The molecule has 5 heteroatoms. The fourth-order valence-corrected chi connectivity index (χ4v) is 5.54. The fraction of sp³-hybridized carbons (Fsp3) is 0.382. The normalized spacial score (nSPS) is 13.3. The lowest BCUT2D eigenvalue weighted by atomic mass is 9.84. The van der Waals surface area contributed by atoms with Crippen LogP contribution in [0, 0.1) is 18.3 Å². The van der Waals surface area contributed by atoms with Crippen LogP contribution in [0.15, 0.2) is 83.7 Å². The predicted molar refractivity (Wildman–Crippen MR) is 160 cm³/mol. The van der Waals surface area contributed by atoms with Crippen molar-refractivity contribution in [1.29, 1.82) is 0 Å². The molecule has 0 N–H and O–H groups in total. The topological polar surface area (TPSA) is 55.2 Å². The molecule has 2 atom stereocenters. The maximum atomic E-state index is 14.1. The van der Waals surface area contributed by atoms with Crippen molar-refractivity contribution in [2.24, 2.45) is 11.3 Å². The molecule has 2 unspecified atom stereocenters. The van der Waals surface area contributed by atoms with Crippen molar-refractivity contribution < 1.29 is 4.79 Å². The Hall–Kier alpha value is -3.73. The summed E-state index contributed by atoms with van der Waals surface area (Å²) in [6.07, 6.45) is 2.03. The highest BCUT2D eigenvalue weighted by molar-refractivity contribution is 5.79. The van der Waals surface area contributed by atoms with Gasteiger partial charge in [-0.3, -0.25) is 14.2 Å². The Morgan fingerprint density at radius 1 is 0.949 bits per heavy atom. The Kier molecular flexibility index (Phi) is 8.69. The number of benzene rings is 3. The summed E-state index contributed by atoms with van der Waals surface area (Å²) < 4.78 is 1.71. The molecule has 0 saturated heterocycles. The standard InChI is InChI=1S/C34H41N3O2/c1-7-30(36(23-26-13-9-8-10-14-26)31(38)21-25(3)22-34(4,5)6)32-35-29-16-12-11-15-28(29)33(39)37(32)27-19-17-24(2)18-20-27/h8-20,25,30H,7,21-23H2,1-6H3. The second-order valence-electron chi connectivity index (χ2n) is 12.0. The summed E-state index contributed by atoms with van der Waals surface area (Å²) >= 11 is 0. The van der Waals surface area contributed by atoms with Crippen LogP contribution in [0.2, 0.25) is 0 Å². The first-order valence-corrected chi connectivity index (χ1v) is 14.0. The lowest BCUT2D eigenvalue weighted by Crippen LogP contribution is -2.39.